The highest BCUT2D eigenvalue weighted by Crippen LogP contribution is 2.46. The molecule has 0 nitrogen and oxygen atoms in total. The van der Waals surface area contributed by atoms with Crippen molar-refractivity contribution < 1.29 is 0 Å². The summed E-state index contributed by atoms with van der Waals surface area (Å²) in [6, 6.07) is 56.6. The van der Waals surface area contributed by atoms with Gasteiger partial charge in [0, 0.05) is 0 Å². The number of fused-ring (bicyclic) bond motifs is 9. The molecule has 0 heteroatoms. The Morgan fingerprint density at radius 3 is 1.38 bits per heavy atom. The minimum atomic E-state index is 0.145. The molecule has 0 spiro atoms. The molecule has 9 rings (SSSR count). The predicted octanol–water partition coefficient (Wildman–Crippen LogP) is 13.0. The van der Waals surface area contributed by atoms with Gasteiger partial charge >= 0.3 is 0 Å². The number of benzene rings is 8. The van der Waals surface area contributed by atoms with Crippen molar-refractivity contribution >= 4 is 32.3 Å². The summed E-state index contributed by atoms with van der Waals surface area (Å²) in [5.74, 6) is 0. The molecule has 224 valence electrons. The lowest BCUT2D eigenvalue weighted by Crippen LogP contribution is -2.10. The zero-order chi connectivity index (χ0) is 31.7. The van der Waals surface area contributed by atoms with Gasteiger partial charge in [-0.05, 0) is 117 Å². The van der Waals surface area contributed by atoms with E-state index in [2.05, 4.69) is 172 Å². The van der Waals surface area contributed by atoms with Crippen LogP contribution in [0.5, 0.6) is 0 Å². The van der Waals surface area contributed by atoms with Crippen molar-refractivity contribution in [2.24, 2.45) is 0 Å². The summed E-state index contributed by atoms with van der Waals surface area (Å²) in [6.07, 6.45) is 0.942. The maximum atomic E-state index is 2.39. The number of hydrogen-bond donors (Lipinski definition) is 0. The van der Waals surface area contributed by atoms with Gasteiger partial charge < -0.3 is 0 Å². The molecule has 0 heterocycles. The first-order valence-corrected chi connectivity index (χ1v) is 16.7. The molecule has 0 saturated carbocycles. The summed E-state index contributed by atoms with van der Waals surface area (Å²) in [6.45, 7) is 6.83. The molecule has 0 radical (unpaired) electrons. The van der Waals surface area contributed by atoms with Crippen molar-refractivity contribution in [2.75, 3.05) is 0 Å². The lowest BCUT2D eigenvalue weighted by Gasteiger charge is -2.19. The van der Waals surface area contributed by atoms with Crippen LogP contribution in [0.3, 0.4) is 0 Å². The van der Waals surface area contributed by atoms with Crippen molar-refractivity contribution in [3.8, 4) is 44.5 Å². The zero-order valence-corrected chi connectivity index (χ0v) is 27.1. The third kappa shape index (κ3) is 4.51. The Bertz CT molecular complexity index is 2470. The first-order valence-electron chi connectivity index (χ1n) is 16.7. The first-order chi connectivity index (χ1) is 22.9. The molecule has 0 fully saturated rings. The molecule has 8 aromatic rings. The van der Waals surface area contributed by atoms with E-state index in [1.807, 2.05) is 0 Å². The SMILES string of the molecule is CC(C)(C)c1ccc(-c2cccc3c2Cc2c(-c4cccc(-c5ccc6c7ccccc7c7ccccc7c6c5)c4)cccc2-3)cc1. The highest BCUT2D eigenvalue weighted by molar-refractivity contribution is 6.25. The minimum absolute atomic E-state index is 0.145. The molecule has 0 aliphatic heterocycles. The fourth-order valence-electron chi connectivity index (χ4n) is 7.88. The van der Waals surface area contributed by atoms with Gasteiger partial charge in [-0.2, -0.15) is 0 Å². The van der Waals surface area contributed by atoms with Gasteiger partial charge in [0.15, 0.2) is 0 Å². The normalized spacial score (nSPS) is 12.5. The maximum absolute atomic E-state index is 2.39. The smallest absolute Gasteiger partial charge is 0.000112 e. The average Bonchev–Trinajstić information content (AvgIpc) is 3.51. The van der Waals surface area contributed by atoms with Crippen LogP contribution in [0.15, 0.2) is 152 Å². The van der Waals surface area contributed by atoms with E-state index in [4.69, 9.17) is 0 Å². The Morgan fingerprint density at radius 2 is 0.787 bits per heavy atom. The van der Waals surface area contributed by atoms with Gasteiger partial charge in [-0.3, -0.25) is 0 Å². The van der Waals surface area contributed by atoms with Crippen molar-refractivity contribution in [2.45, 2.75) is 32.6 Å². The van der Waals surface area contributed by atoms with Gasteiger partial charge in [0.25, 0.3) is 0 Å². The molecule has 1 aliphatic rings. The third-order valence-electron chi connectivity index (χ3n) is 10.3. The summed E-state index contributed by atoms with van der Waals surface area (Å²) in [4.78, 5) is 0. The van der Waals surface area contributed by atoms with Gasteiger partial charge in [-0.1, -0.05) is 160 Å². The van der Waals surface area contributed by atoms with Crippen LogP contribution in [0.1, 0.15) is 37.5 Å². The topological polar surface area (TPSA) is 0 Å². The third-order valence-corrected chi connectivity index (χ3v) is 10.3. The summed E-state index contributed by atoms with van der Waals surface area (Å²) in [5.41, 5.74) is 14.8. The Morgan fingerprint density at radius 1 is 0.340 bits per heavy atom. The van der Waals surface area contributed by atoms with Crippen LogP contribution in [0, 0.1) is 0 Å². The van der Waals surface area contributed by atoms with E-state index in [1.54, 1.807) is 0 Å². The Hall–Kier alpha value is -5.46. The maximum Gasteiger partial charge on any atom is -0.000112 e. The molecular weight excluding hydrogens is 565 g/mol. The quantitative estimate of drug-likeness (QED) is 0.177. The van der Waals surface area contributed by atoms with E-state index in [1.165, 1.54) is 93.5 Å². The fourth-order valence-corrected chi connectivity index (χ4v) is 7.88. The van der Waals surface area contributed by atoms with Gasteiger partial charge in [0.2, 0.25) is 0 Å². The second-order valence-corrected chi connectivity index (χ2v) is 14.1. The second kappa shape index (κ2) is 10.5. The van der Waals surface area contributed by atoms with Crippen molar-refractivity contribution in [3.63, 3.8) is 0 Å². The van der Waals surface area contributed by atoms with Crippen LogP contribution in [0.25, 0.3) is 76.8 Å². The Balaban J connectivity index is 1.13. The van der Waals surface area contributed by atoms with E-state index in [0.29, 0.717) is 0 Å². The van der Waals surface area contributed by atoms with Crippen molar-refractivity contribution in [1.82, 2.24) is 0 Å². The summed E-state index contributed by atoms with van der Waals surface area (Å²) in [5, 5.41) is 7.86. The monoisotopic (exact) mass is 600 g/mol. The second-order valence-electron chi connectivity index (χ2n) is 14.1. The van der Waals surface area contributed by atoms with E-state index >= 15 is 0 Å². The molecule has 0 aromatic heterocycles. The highest BCUT2D eigenvalue weighted by Gasteiger charge is 2.25. The van der Waals surface area contributed by atoms with Crippen LogP contribution >= 0.6 is 0 Å². The van der Waals surface area contributed by atoms with E-state index in [0.717, 1.165) is 6.42 Å². The van der Waals surface area contributed by atoms with Gasteiger partial charge in [-0.15, -0.1) is 0 Å². The molecule has 47 heavy (non-hydrogen) atoms. The summed E-state index contributed by atoms with van der Waals surface area (Å²) < 4.78 is 0. The molecule has 0 amide bonds. The lowest BCUT2D eigenvalue weighted by atomic mass is 9.85. The molecule has 8 aromatic carbocycles. The zero-order valence-electron chi connectivity index (χ0n) is 27.1. The first kappa shape index (κ1) is 27.8. The van der Waals surface area contributed by atoms with Crippen molar-refractivity contribution in [1.29, 1.82) is 0 Å². The molecule has 0 bridgehead atoms. The van der Waals surface area contributed by atoms with Crippen LogP contribution in [0.2, 0.25) is 0 Å². The molecule has 1 aliphatic carbocycles. The van der Waals surface area contributed by atoms with Crippen LogP contribution < -0.4 is 0 Å². The van der Waals surface area contributed by atoms with Crippen LogP contribution in [0.4, 0.5) is 0 Å². The molecule has 0 atom stereocenters. The molecular formula is C47H36. The van der Waals surface area contributed by atoms with Gasteiger partial charge in [-0.25, -0.2) is 0 Å². The minimum Gasteiger partial charge on any atom is -0.0616 e. The van der Waals surface area contributed by atoms with Crippen LogP contribution in [-0.2, 0) is 11.8 Å². The Labute approximate surface area is 277 Å². The van der Waals surface area contributed by atoms with E-state index < -0.39 is 0 Å². The van der Waals surface area contributed by atoms with Gasteiger partial charge in [0.05, 0.1) is 0 Å². The van der Waals surface area contributed by atoms with Crippen LogP contribution in [-0.4, -0.2) is 0 Å². The molecule has 0 unspecified atom stereocenters. The highest BCUT2D eigenvalue weighted by atomic mass is 14.3. The van der Waals surface area contributed by atoms with Crippen molar-refractivity contribution in [3.05, 3.63) is 168 Å². The fraction of sp³-hybridized carbons (Fsp3) is 0.106. The predicted molar refractivity (Wildman–Crippen MR) is 202 cm³/mol. The lowest BCUT2D eigenvalue weighted by molar-refractivity contribution is 0.590. The molecule has 0 N–H and O–H groups in total. The van der Waals surface area contributed by atoms with E-state index in [9.17, 15) is 0 Å². The summed E-state index contributed by atoms with van der Waals surface area (Å²) in [7, 11) is 0. The number of rotatable bonds is 3. The Kier molecular flexibility index (Phi) is 6.24. The average molecular weight is 601 g/mol. The van der Waals surface area contributed by atoms with Gasteiger partial charge in [0.1, 0.15) is 0 Å². The van der Waals surface area contributed by atoms with E-state index in [-0.39, 0.29) is 5.41 Å². The summed E-state index contributed by atoms with van der Waals surface area (Å²) >= 11 is 0. The number of hydrogen-bond acceptors (Lipinski definition) is 0. The standard InChI is InChI=1S/C47H36/c1-47(2,3)34-24-21-30(22-25-34)35-17-9-19-41-42-20-10-18-36(46(42)29-45(35)41)33-12-8-11-31(27-33)32-23-26-43-39-15-5-4-13-37(39)38-14-6-7-16-40(38)44(43)28-32/h4-28H,29H2,1-3H3. The largest absolute Gasteiger partial charge is 0.0616 e. The molecule has 0 saturated heterocycles.